The first-order valence-corrected chi connectivity index (χ1v) is 7.80. The van der Waals surface area contributed by atoms with E-state index in [4.69, 9.17) is 14.7 Å². The van der Waals surface area contributed by atoms with Crippen LogP contribution in [0.3, 0.4) is 0 Å². The van der Waals surface area contributed by atoms with Crippen LogP contribution >= 0.6 is 0 Å². The third-order valence-electron chi connectivity index (χ3n) is 3.57. The van der Waals surface area contributed by atoms with Gasteiger partial charge in [0.15, 0.2) is 0 Å². The zero-order valence-electron chi connectivity index (χ0n) is 13.5. The molecule has 0 radical (unpaired) electrons. The molecule has 3 aromatic rings. The van der Waals surface area contributed by atoms with Crippen molar-refractivity contribution in [1.29, 1.82) is 5.26 Å². The zero-order valence-corrected chi connectivity index (χ0v) is 13.5. The van der Waals surface area contributed by atoms with E-state index in [2.05, 4.69) is 0 Å². The van der Waals surface area contributed by atoms with Gasteiger partial charge in [0, 0.05) is 18.1 Å². The van der Waals surface area contributed by atoms with Gasteiger partial charge in [0.25, 0.3) is 0 Å². The van der Waals surface area contributed by atoms with E-state index < -0.39 is 0 Å². The van der Waals surface area contributed by atoms with Gasteiger partial charge in [-0.15, -0.1) is 0 Å². The van der Waals surface area contributed by atoms with E-state index in [1.165, 1.54) is 0 Å². The lowest BCUT2D eigenvalue weighted by molar-refractivity contribution is 0.0450. The van der Waals surface area contributed by atoms with Gasteiger partial charge in [0.2, 0.25) is 0 Å². The summed E-state index contributed by atoms with van der Waals surface area (Å²) in [6.07, 6.45) is 3.88. The number of ether oxygens (including phenoxy) is 2. The summed E-state index contributed by atoms with van der Waals surface area (Å²) in [7, 11) is 0. The molecule has 0 atom stereocenters. The number of nitriles is 1. The topological polar surface area (TPSA) is 64.2 Å². The van der Waals surface area contributed by atoms with Crippen LogP contribution in [0.1, 0.15) is 15.9 Å². The number of carbonyl (C=O) groups is 1. The lowest BCUT2D eigenvalue weighted by Crippen LogP contribution is -2.12. The van der Waals surface area contributed by atoms with Gasteiger partial charge < -0.3 is 14.0 Å². The standard InChI is InChI=1S/C20H16N2O3/c21-15-16-3-9-19(10-4-16)24-13-14-25-20(23)17-5-7-18(8-6-17)22-11-1-2-12-22/h1-12H,13-14H2. The summed E-state index contributed by atoms with van der Waals surface area (Å²) in [6.45, 7) is 0.400. The molecule has 0 N–H and O–H groups in total. The quantitative estimate of drug-likeness (QED) is 0.511. The number of hydrogen-bond donors (Lipinski definition) is 0. The van der Waals surface area contributed by atoms with Crippen LogP contribution in [-0.2, 0) is 4.74 Å². The average molecular weight is 332 g/mol. The van der Waals surface area contributed by atoms with Crippen molar-refractivity contribution in [2.24, 2.45) is 0 Å². The third-order valence-corrected chi connectivity index (χ3v) is 3.57. The van der Waals surface area contributed by atoms with Crippen molar-refractivity contribution < 1.29 is 14.3 Å². The van der Waals surface area contributed by atoms with Gasteiger partial charge >= 0.3 is 5.97 Å². The van der Waals surface area contributed by atoms with Crippen molar-refractivity contribution in [3.05, 3.63) is 84.2 Å². The molecule has 2 aromatic carbocycles. The zero-order chi connectivity index (χ0) is 17.5. The fourth-order valence-corrected chi connectivity index (χ4v) is 2.28. The molecule has 1 heterocycles. The Balaban J connectivity index is 1.46. The SMILES string of the molecule is N#Cc1ccc(OCCOC(=O)c2ccc(-n3cccc3)cc2)cc1. The molecule has 0 aliphatic carbocycles. The Hall–Kier alpha value is -3.52. The number of hydrogen-bond acceptors (Lipinski definition) is 4. The number of benzene rings is 2. The summed E-state index contributed by atoms with van der Waals surface area (Å²) >= 11 is 0. The molecule has 0 saturated heterocycles. The minimum atomic E-state index is -0.387. The van der Waals surface area contributed by atoms with Crippen LogP contribution in [0.15, 0.2) is 73.1 Å². The Morgan fingerprint density at radius 3 is 2.28 bits per heavy atom. The Labute approximate surface area is 145 Å². The van der Waals surface area contributed by atoms with Gasteiger partial charge in [0.1, 0.15) is 19.0 Å². The highest BCUT2D eigenvalue weighted by atomic mass is 16.6. The monoisotopic (exact) mass is 332 g/mol. The summed E-state index contributed by atoms with van der Waals surface area (Å²) in [6, 6.07) is 19.9. The number of carbonyl (C=O) groups excluding carboxylic acids is 1. The first-order chi connectivity index (χ1) is 12.3. The summed E-state index contributed by atoms with van der Waals surface area (Å²) in [5.41, 5.74) is 2.04. The minimum Gasteiger partial charge on any atom is -0.490 e. The van der Waals surface area contributed by atoms with E-state index in [0.717, 1.165) is 5.69 Å². The maximum Gasteiger partial charge on any atom is 0.338 e. The van der Waals surface area contributed by atoms with Gasteiger partial charge in [-0.1, -0.05) is 0 Å². The Morgan fingerprint density at radius 2 is 1.64 bits per heavy atom. The van der Waals surface area contributed by atoms with E-state index >= 15 is 0 Å². The Morgan fingerprint density at radius 1 is 0.960 bits per heavy atom. The van der Waals surface area contributed by atoms with Crippen LogP contribution < -0.4 is 4.74 Å². The smallest absolute Gasteiger partial charge is 0.338 e. The van der Waals surface area contributed by atoms with Gasteiger partial charge in [-0.3, -0.25) is 0 Å². The second-order valence-electron chi connectivity index (χ2n) is 5.26. The highest BCUT2D eigenvalue weighted by molar-refractivity contribution is 5.89. The molecule has 25 heavy (non-hydrogen) atoms. The van der Waals surface area contributed by atoms with Crippen molar-refractivity contribution in [3.63, 3.8) is 0 Å². The van der Waals surface area contributed by atoms with Crippen molar-refractivity contribution in [2.45, 2.75) is 0 Å². The largest absolute Gasteiger partial charge is 0.490 e. The highest BCUT2D eigenvalue weighted by Gasteiger charge is 2.07. The van der Waals surface area contributed by atoms with Crippen LogP contribution in [-0.4, -0.2) is 23.8 Å². The van der Waals surface area contributed by atoms with Crippen molar-refractivity contribution in [1.82, 2.24) is 4.57 Å². The molecule has 3 rings (SSSR count). The van der Waals surface area contributed by atoms with E-state index in [9.17, 15) is 4.79 Å². The first kappa shape index (κ1) is 16.3. The molecule has 0 amide bonds. The minimum absolute atomic E-state index is 0.151. The highest BCUT2D eigenvalue weighted by Crippen LogP contribution is 2.12. The van der Waals surface area contributed by atoms with Gasteiger partial charge in [0.05, 0.1) is 17.2 Å². The van der Waals surface area contributed by atoms with Gasteiger partial charge in [-0.05, 0) is 60.7 Å². The van der Waals surface area contributed by atoms with Crippen LogP contribution in [0.5, 0.6) is 5.75 Å². The molecule has 124 valence electrons. The number of nitrogens with zero attached hydrogens (tertiary/aromatic N) is 2. The molecular weight excluding hydrogens is 316 g/mol. The molecule has 5 heteroatoms. The van der Waals surface area contributed by atoms with Crippen LogP contribution in [0.2, 0.25) is 0 Å². The van der Waals surface area contributed by atoms with Crippen LogP contribution in [0.25, 0.3) is 5.69 Å². The summed E-state index contributed by atoms with van der Waals surface area (Å²) in [5, 5.41) is 8.73. The first-order valence-electron chi connectivity index (χ1n) is 7.80. The Kier molecular flexibility index (Phi) is 5.13. The summed E-state index contributed by atoms with van der Waals surface area (Å²) < 4.78 is 12.6. The lowest BCUT2D eigenvalue weighted by Gasteiger charge is -2.08. The van der Waals surface area contributed by atoms with E-state index in [-0.39, 0.29) is 19.2 Å². The van der Waals surface area contributed by atoms with E-state index in [1.54, 1.807) is 36.4 Å². The average Bonchev–Trinajstić information content (AvgIpc) is 3.20. The second kappa shape index (κ2) is 7.84. The molecule has 0 spiro atoms. The van der Waals surface area contributed by atoms with Gasteiger partial charge in [-0.25, -0.2) is 4.79 Å². The van der Waals surface area contributed by atoms with E-state index in [0.29, 0.717) is 16.9 Å². The van der Waals surface area contributed by atoms with Gasteiger partial charge in [-0.2, -0.15) is 5.26 Å². The summed E-state index contributed by atoms with van der Waals surface area (Å²) in [5.74, 6) is 0.244. The predicted molar refractivity (Wildman–Crippen MR) is 92.7 cm³/mol. The molecule has 0 saturated carbocycles. The molecule has 0 aliphatic heterocycles. The molecule has 0 unspecified atom stereocenters. The number of aromatic nitrogens is 1. The molecule has 5 nitrogen and oxygen atoms in total. The normalized spacial score (nSPS) is 10.0. The molecule has 1 aromatic heterocycles. The number of rotatable bonds is 6. The molecule has 0 aliphatic rings. The van der Waals surface area contributed by atoms with Crippen molar-refractivity contribution >= 4 is 5.97 Å². The number of esters is 1. The van der Waals surface area contributed by atoms with Crippen LogP contribution in [0, 0.1) is 11.3 Å². The van der Waals surface area contributed by atoms with E-state index in [1.807, 2.05) is 47.3 Å². The Bertz CT molecular complexity index is 861. The molecule has 0 bridgehead atoms. The lowest BCUT2D eigenvalue weighted by atomic mass is 10.2. The van der Waals surface area contributed by atoms with Crippen molar-refractivity contribution in [2.75, 3.05) is 13.2 Å². The fourth-order valence-electron chi connectivity index (χ4n) is 2.28. The molecular formula is C20H16N2O3. The van der Waals surface area contributed by atoms with Crippen molar-refractivity contribution in [3.8, 4) is 17.5 Å². The fraction of sp³-hybridized carbons (Fsp3) is 0.100. The maximum atomic E-state index is 12.0. The predicted octanol–water partition coefficient (Wildman–Crippen LogP) is 3.58. The maximum absolute atomic E-state index is 12.0. The second-order valence-corrected chi connectivity index (χ2v) is 5.26. The third kappa shape index (κ3) is 4.27. The van der Waals surface area contributed by atoms with Crippen LogP contribution in [0.4, 0.5) is 0 Å². The summed E-state index contributed by atoms with van der Waals surface area (Å²) in [4.78, 5) is 12.0. The molecule has 0 fully saturated rings.